The summed E-state index contributed by atoms with van der Waals surface area (Å²) >= 11 is 0. The molecule has 0 atom stereocenters. The Kier molecular flexibility index (Phi) is 3.37. The summed E-state index contributed by atoms with van der Waals surface area (Å²) in [5.41, 5.74) is 9.39. The van der Waals surface area contributed by atoms with Crippen LogP contribution in [-0.4, -0.2) is 6.04 Å². The van der Waals surface area contributed by atoms with Gasteiger partial charge >= 0.3 is 0 Å². The van der Waals surface area contributed by atoms with E-state index in [0.29, 0.717) is 12.0 Å². The summed E-state index contributed by atoms with van der Waals surface area (Å²) in [6.45, 7) is 4.35. The van der Waals surface area contributed by atoms with Crippen molar-refractivity contribution in [2.24, 2.45) is 0 Å². The van der Waals surface area contributed by atoms with E-state index in [2.05, 4.69) is 37.4 Å². The van der Waals surface area contributed by atoms with Crippen LogP contribution in [0.3, 0.4) is 0 Å². The highest BCUT2D eigenvalue weighted by Crippen LogP contribution is 2.27. The Bertz CT molecular complexity index is 352. The lowest BCUT2D eigenvalue weighted by molar-refractivity contribution is 0.755. The Morgan fingerprint density at radius 1 is 1.25 bits per heavy atom. The lowest BCUT2D eigenvalue weighted by Gasteiger charge is -2.16. The van der Waals surface area contributed by atoms with Crippen LogP contribution in [0.5, 0.6) is 0 Å². The summed E-state index contributed by atoms with van der Waals surface area (Å²) in [4.78, 5) is 0. The first-order valence-electron chi connectivity index (χ1n) is 6.33. The Hall–Kier alpha value is -1.18. The SMILES string of the molecule is CC(C)c1ccc(NC2CCCC2)cc1N. The van der Waals surface area contributed by atoms with E-state index in [1.54, 1.807) is 0 Å². The van der Waals surface area contributed by atoms with Crippen LogP contribution in [0.1, 0.15) is 51.0 Å². The topological polar surface area (TPSA) is 38.0 Å². The molecule has 88 valence electrons. The van der Waals surface area contributed by atoms with Crippen molar-refractivity contribution in [2.75, 3.05) is 11.1 Å². The Balaban J connectivity index is 2.08. The molecular formula is C14H22N2. The normalized spacial score (nSPS) is 16.9. The summed E-state index contributed by atoms with van der Waals surface area (Å²) < 4.78 is 0. The van der Waals surface area contributed by atoms with Gasteiger partial charge in [-0.3, -0.25) is 0 Å². The van der Waals surface area contributed by atoms with Crippen molar-refractivity contribution in [1.82, 2.24) is 0 Å². The molecule has 0 saturated heterocycles. The first-order chi connectivity index (χ1) is 7.66. The molecule has 0 radical (unpaired) electrons. The van der Waals surface area contributed by atoms with E-state index in [4.69, 9.17) is 5.73 Å². The maximum Gasteiger partial charge on any atom is 0.0369 e. The molecule has 1 aromatic rings. The third-order valence-electron chi connectivity index (χ3n) is 3.43. The number of nitrogen functional groups attached to an aromatic ring is 1. The molecular weight excluding hydrogens is 196 g/mol. The van der Waals surface area contributed by atoms with Crippen molar-refractivity contribution in [3.63, 3.8) is 0 Å². The largest absolute Gasteiger partial charge is 0.398 e. The monoisotopic (exact) mass is 218 g/mol. The van der Waals surface area contributed by atoms with Crippen molar-refractivity contribution < 1.29 is 0 Å². The van der Waals surface area contributed by atoms with E-state index in [0.717, 1.165) is 5.69 Å². The second kappa shape index (κ2) is 4.77. The molecule has 2 heteroatoms. The van der Waals surface area contributed by atoms with Gasteiger partial charge in [-0.1, -0.05) is 32.8 Å². The van der Waals surface area contributed by atoms with Gasteiger partial charge < -0.3 is 11.1 Å². The molecule has 1 fully saturated rings. The zero-order chi connectivity index (χ0) is 11.5. The Morgan fingerprint density at radius 2 is 1.94 bits per heavy atom. The van der Waals surface area contributed by atoms with Crippen LogP contribution < -0.4 is 11.1 Å². The van der Waals surface area contributed by atoms with Crippen LogP contribution in [0, 0.1) is 0 Å². The highest BCUT2D eigenvalue weighted by atomic mass is 14.9. The van der Waals surface area contributed by atoms with Gasteiger partial charge in [0.15, 0.2) is 0 Å². The summed E-state index contributed by atoms with van der Waals surface area (Å²) in [5, 5.41) is 3.57. The smallest absolute Gasteiger partial charge is 0.0369 e. The van der Waals surface area contributed by atoms with Crippen LogP contribution in [0.4, 0.5) is 11.4 Å². The number of benzene rings is 1. The summed E-state index contributed by atoms with van der Waals surface area (Å²) in [7, 11) is 0. The number of hydrogen-bond donors (Lipinski definition) is 2. The van der Waals surface area contributed by atoms with Crippen molar-refractivity contribution in [2.45, 2.75) is 51.5 Å². The van der Waals surface area contributed by atoms with Crippen LogP contribution >= 0.6 is 0 Å². The van der Waals surface area contributed by atoms with Gasteiger partial charge in [-0.15, -0.1) is 0 Å². The lowest BCUT2D eigenvalue weighted by atomic mass is 10.0. The van der Waals surface area contributed by atoms with Gasteiger partial charge in [0.2, 0.25) is 0 Å². The maximum absolute atomic E-state index is 6.06. The second-order valence-corrected chi connectivity index (χ2v) is 5.12. The van der Waals surface area contributed by atoms with Gasteiger partial charge in [0.1, 0.15) is 0 Å². The minimum absolute atomic E-state index is 0.500. The molecule has 16 heavy (non-hydrogen) atoms. The van der Waals surface area contributed by atoms with Crippen LogP contribution in [0.25, 0.3) is 0 Å². The molecule has 0 spiro atoms. The summed E-state index contributed by atoms with van der Waals surface area (Å²) in [6.07, 6.45) is 5.31. The molecule has 0 aromatic heterocycles. The molecule has 1 aliphatic carbocycles. The molecule has 0 unspecified atom stereocenters. The van der Waals surface area contributed by atoms with Crippen molar-refractivity contribution in [1.29, 1.82) is 0 Å². The highest BCUT2D eigenvalue weighted by Gasteiger charge is 2.14. The predicted octanol–water partition coefficient (Wildman–Crippen LogP) is 3.75. The Labute approximate surface area is 98.2 Å². The van der Waals surface area contributed by atoms with Crippen molar-refractivity contribution in [3.8, 4) is 0 Å². The van der Waals surface area contributed by atoms with Crippen LogP contribution in [0.2, 0.25) is 0 Å². The van der Waals surface area contributed by atoms with Crippen LogP contribution in [0.15, 0.2) is 18.2 Å². The van der Waals surface area contributed by atoms with Crippen molar-refractivity contribution >= 4 is 11.4 Å². The molecule has 0 aliphatic heterocycles. The van der Waals surface area contributed by atoms with Gasteiger partial charge in [-0.2, -0.15) is 0 Å². The molecule has 0 bridgehead atoms. The van der Waals surface area contributed by atoms with Crippen molar-refractivity contribution in [3.05, 3.63) is 23.8 Å². The van der Waals surface area contributed by atoms with Crippen LogP contribution in [-0.2, 0) is 0 Å². The third-order valence-corrected chi connectivity index (χ3v) is 3.43. The van der Waals surface area contributed by atoms with E-state index < -0.39 is 0 Å². The number of nitrogens with one attached hydrogen (secondary N) is 1. The second-order valence-electron chi connectivity index (χ2n) is 5.12. The fourth-order valence-electron chi connectivity index (χ4n) is 2.50. The number of hydrogen-bond acceptors (Lipinski definition) is 2. The molecule has 2 nitrogen and oxygen atoms in total. The maximum atomic E-state index is 6.06. The van der Waals surface area contributed by atoms with E-state index in [9.17, 15) is 0 Å². The number of nitrogens with two attached hydrogens (primary N) is 1. The fraction of sp³-hybridized carbons (Fsp3) is 0.571. The third kappa shape index (κ3) is 2.49. The molecule has 3 N–H and O–H groups in total. The standard InChI is InChI=1S/C14H22N2/c1-10(2)13-8-7-12(9-14(13)15)16-11-5-3-4-6-11/h7-11,16H,3-6,15H2,1-2H3. The highest BCUT2D eigenvalue weighted by molar-refractivity contribution is 5.60. The first kappa shape index (κ1) is 11.3. The molecule has 0 amide bonds. The molecule has 1 aliphatic rings. The fourth-order valence-corrected chi connectivity index (χ4v) is 2.50. The average Bonchev–Trinajstić information content (AvgIpc) is 2.70. The average molecular weight is 218 g/mol. The zero-order valence-electron chi connectivity index (χ0n) is 10.3. The minimum atomic E-state index is 0.500. The van der Waals surface area contributed by atoms with Gasteiger partial charge in [0, 0.05) is 17.4 Å². The summed E-state index contributed by atoms with van der Waals surface area (Å²) in [6, 6.07) is 7.04. The van der Waals surface area contributed by atoms with Gasteiger partial charge in [-0.05, 0) is 36.5 Å². The predicted molar refractivity (Wildman–Crippen MR) is 70.8 cm³/mol. The Morgan fingerprint density at radius 3 is 2.50 bits per heavy atom. The zero-order valence-corrected chi connectivity index (χ0v) is 10.3. The molecule has 2 rings (SSSR count). The van der Waals surface area contributed by atoms with E-state index >= 15 is 0 Å². The minimum Gasteiger partial charge on any atom is -0.398 e. The number of rotatable bonds is 3. The van der Waals surface area contributed by atoms with Gasteiger partial charge in [-0.25, -0.2) is 0 Å². The quantitative estimate of drug-likeness (QED) is 0.758. The first-order valence-corrected chi connectivity index (χ1v) is 6.33. The van der Waals surface area contributed by atoms with Gasteiger partial charge in [0.25, 0.3) is 0 Å². The van der Waals surface area contributed by atoms with E-state index in [1.807, 2.05) is 0 Å². The van der Waals surface area contributed by atoms with E-state index in [1.165, 1.54) is 36.9 Å². The molecule has 1 aromatic carbocycles. The number of anilines is 2. The molecule has 1 saturated carbocycles. The van der Waals surface area contributed by atoms with Gasteiger partial charge in [0.05, 0.1) is 0 Å². The lowest BCUT2D eigenvalue weighted by Crippen LogP contribution is -2.14. The molecule has 0 heterocycles. The van der Waals surface area contributed by atoms with E-state index in [-0.39, 0.29) is 0 Å². The summed E-state index contributed by atoms with van der Waals surface area (Å²) in [5.74, 6) is 0.500.